The Bertz CT molecular complexity index is 3570. The number of hydrogen-bond donors (Lipinski definition) is 0. The summed E-state index contributed by atoms with van der Waals surface area (Å²) in [5.74, 6) is 0. The zero-order chi connectivity index (χ0) is 41.7. The first-order chi connectivity index (χ1) is 31.2. The molecular weight excluding hydrogens is 763 g/mol. The summed E-state index contributed by atoms with van der Waals surface area (Å²) in [7, 11) is 0. The lowest BCUT2D eigenvalue weighted by Gasteiger charge is -2.26. The van der Waals surface area contributed by atoms with Gasteiger partial charge in [0.1, 0.15) is 0 Å². The number of aromatic nitrogens is 2. The molecule has 0 aliphatic heterocycles. The fourth-order valence-electron chi connectivity index (χ4n) is 9.50. The normalized spacial score (nSPS) is 11.5. The van der Waals surface area contributed by atoms with Gasteiger partial charge in [0.15, 0.2) is 0 Å². The third kappa shape index (κ3) is 6.38. The topological polar surface area (TPSA) is 13.1 Å². The van der Waals surface area contributed by atoms with E-state index < -0.39 is 0 Å². The number of benzene rings is 10. The highest BCUT2D eigenvalue weighted by Gasteiger charge is 2.19. The zero-order valence-corrected chi connectivity index (χ0v) is 34.5. The van der Waals surface area contributed by atoms with E-state index in [1.807, 2.05) is 0 Å². The van der Waals surface area contributed by atoms with Gasteiger partial charge >= 0.3 is 0 Å². The van der Waals surface area contributed by atoms with Crippen LogP contribution in [0.3, 0.4) is 0 Å². The van der Waals surface area contributed by atoms with Crippen molar-refractivity contribution in [2.45, 2.75) is 0 Å². The van der Waals surface area contributed by atoms with E-state index in [1.165, 1.54) is 77.0 Å². The second-order valence-electron chi connectivity index (χ2n) is 16.2. The predicted octanol–water partition coefficient (Wildman–Crippen LogP) is 16.4. The first-order valence-corrected chi connectivity index (χ1v) is 21.6. The van der Waals surface area contributed by atoms with Gasteiger partial charge in [-0.3, -0.25) is 0 Å². The van der Waals surface area contributed by atoms with E-state index in [2.05, 4.69) is 263 Å². The molecule has 3 nitrogen and oxygen atoms in total. The van der Waals surface area contributed by atoms with Gasteiger partial charge in [-0.2, -0.15) is 0 Å². The van der Waals surface area contributed by atoms with Crippen molar-refractivity contribution in [3.63, 3.8) is 0 Å². The average Bonchev–Trinajstić information content (AvgIpc) is 3.88. The molecule has 63 heavy (non-hydrogen) atoms. The van der Waals surface area contributed by atoms with E-state index in [1.54, 1.807) is 0 Å². The molecule has 12 rings (SSSR count). The number of hydrogen-bond acceptors (Lipinski definition) is 1. The Morgan fingerprint density at radius 3 is 1.11 bits per heavy atom. The first kappa shape index (κ1) is 36.5. The fourth-order valence-corrected chi connectivity index (χ4v) is 9.50. The van der Waals surface area contributed by atoms with Crippen molar-refractivity contribution in [1.29, 1.82) is 0 Å². The van der Waals surface area contributed by atoms with Crippen molar-refractivity contribution < 1.29 is 0 Å². The van der Waals surface area contributed by atoms with Crippen LogP contribution in [0.5, 0.6) is 0 Å². The smallest absolute Gasteiger partial charge is 0.0542 e. The Balaban J connectivity index is 0.949. The maximum absolute atomic E-state index is 2.39. The lowest BCUT2D eigenvalue weighted by atomic mass is 10.0. The third-order valence-corrected chi connectivity index (χ3v) is 12.5. The van der Waals surface area contributed by atoms with Gasteiger partial charge in [-0.05, 0) is 124 Å². The van der Waals surface area contributed by atoms with Gasteiger partial charge in [0.2, 0.25) is 0 Å². The molecule has 0 aliphatic rings. The zero-order valence-electron chi connectivity index (χ0n) is 34.5. The van der Waals surface area contributed by atoms with Crippen LogP contribution in [-0.2, 0) is 0 Å². The van der Waals surface area contributed by atoms with Crippen LogP contribution < -0.4 is 4.90 Å². The molecule has 0 N–H and O–H groups in total. The second-order valence-corrected chi connectivity index (χ2v) is 16.2. The minimum absolute atomic E-state index is 1.09. The molecule has 0 spiro atoms. The van der Waals surface area contributed by atoms with E-state index in [4.69, 9.17) is 0 Å². The molecule has 12 aromatic rings. The number of nitrogens with zero attached hydrogens (tertiary/aromatic N) is 3. The van der Waals surface area contributed by atoms with Gasteiger partial charge in [-0.25, -0.2) is 0 Å². The molecule has 0 aliphatic carbocycles. The van der Waals surface area contributed by atoms with Crippen LogP contribution in [0.25, 0.3) is 88.4 Å². The molecule has 0 radical (unpaired) electrons. The van der Waals surface area contributed by atoms with E-state index in [-0.39, 0.29) is 0 Å². The summed E-state index contributed by atoms with van der Waals surface area (Å²) in [6, 6.07) is 90.0. The Kier molecular flexibility index (Phi) is 8.83. The minimum atomic E-state index is 1.09. The van der Waals surface area contributed by atoms with Crippen molar-refractivity contribution >= 4 is 60.7 Å². The molecule has 2 aromatic heterocycles. The van der Waals surface area contributed by atoms with Crippen LogP contribution in [0.4, 0.5) is 17.1 Å². The van der Waals surface area contributed by atoms with Gasteiger partial charge in [-0.15, -0.1) is 0 Å². The van der Waals surface area contributed by atoms with Crippen molar-refractivity contribution in [3.8, 4) is 44.8 Å². The molecule has 0 amide bonds. The molecule has 0 atom stereocenters. The van der Waals surface area contributed by atoms with Crippen molar-refractivity contribution in [2.75, 3.05) is 4.90 Å². The van der Waals surface area contributed by atoms with Crippen LogP contribution in [0, 0.1) is 0 Å². The lowest BCUT2D eigenvalue weighted by molar-refractivity contribution is 1.18. The summed E-state index contributed by atoms with van der Waals surface area (Å²) in [4.78, 5) is 2.38. The summed E-state index contributed by atoms with van der Waals surface area (Å²) >= 11 is 0. The maximum atomic E-state index is 2.39. The number of para-hydroxylation sites is 3. The highest BCUT2D eigenvalue weighted by atomic mass is 15.1. The number of rotatable bonds is 8. The Labute approximate surface area is 366 Å². The highest BCUT2D eigenvalue weighted by Crippen LogP contribution is 2.42. The Morgan fingerprint density at radius 1 is 0.222 bits per heavy atom. The number of anilines is 3. The lowest BCUT2D eigenvalue weighted by Crippen LogP contribution is -2.10. The van der Waals surface area contributed by atoms with Crippen LogP contribution in [0.2, 0.25) is 0 Å². The van der Waals surface area contributed by atoms with E-state index in [0.29, 0.717) is 0 Å². The van der Waals surface area contributed by atoms with Crippen molar-refractivity contribution in [1.82, 2.24) is 9.13 Å². The Morgan fingerprint density at radius 2 is 0.571 bits per heavy atom. The third-order valence-electron chi connectivity index (χ3n) is 12.5. The fraction of sp³-hybridized carbons (Fsp3) is 0. The molecule has 0 fully saturated rings. The quantitative estimate of drug-likeness (QED) is 0.149. The van der Waals surface area contributed by atoms with Gasteiger partial charge in [-0.1, -0.05) is 158 Å². The SMILES string of the molecule is c1ccc(-c2ccc(N(c3ccc(-c4ccc5c(c4)c4ccccc4n5-c4ccc(-c5ccccc5)cc4)cc3)c3ccc4c(c3)c3ccccc3n4-c3ccccc3)cc2)cc1. The van der Waals surface area contributed by atoms with Crippen LogP contribution >= 0.6 is 0 Å². The first-order valence-electron chi connectivity index (χ1n) is 21.6. The molecular formula is C60H41N3. The summed E-state index contributed by atoms with van der Waals surface area (Å²) in [6.45, 7) is 0. The van der Waals surface area contributed by atoms with Gasteiger partial charge in [0.25, 0.3) is 0 Å². The standard InChI is InChI=1S/C60H41N3/c1-4-14-42(15-5-1)44-24-31-49(32-25-44)61(52-37-39-60-56(41-52)54-21-11-13-23-58(54)62(60)48-18-8-3-9-19-48)50-33-28-46(29-34-50)47-30-38-59-55(40-47)53-20-10-12-22-57(53)63(59)51-35-26-45(27-36-51)43-16-6-2-7-17-43/h1-41H. The summed E-state index contributed by atoms with van der Waals surface area (Å²) in [5, 5.41) is 4.93. The largest absolute Gasteiger partial charge is 0.310 e. The molecule has 0 saturated carbocycles. The molecule has 0 saturated heterocycles. The summed E-state index contributed by atoms with van der Waals surface area (Å²) in [5.41, 5.74) is 17.6. The molecule has 10 aromatic carbocycles. The van der Waals surface area contributed by atoms with E-state index >= 15 is 0 Å². The maximum Gasteiger partial charge on any atom is 0.0542 e. The monoisotopic (exact) mass is 803 g/mol. The van der Waals surface area contributed by atoms with Crippen molar-refractivity contribution in [3.05, 3.63) is 249 Å². The highest BCUT2D eigenvalue weighted by molar-refractivity contribution is 6.12. The predicted molar refractivity (Wildman–Crippen MR) is 266 cm³/mol. The minimum Gasteiger partial charge on any atom is -0.310 e. The van der Waals surface area contributed by atoms with Gasteiger partial charge in [0, 0.05) is 50.0 Å². The molecule has 0 bridgehead atoms. The molecule has 0 unspecified atom stereocenters. The second kappa shape index (κ2) is 15.3. The van der Waals surface area contributed by atoms with Crippen LogP contribution in [0.15, 0.2) is 249 Å². The Hall–Kier alpha value is -8.40. The van der Waals surface area contributed by atoms with Crippen molar-refractivity contribution in [2.24, 2.45) is 0 Å². The van der Waals surface area contributed by atoms with Crippen LogP contribution in [-0.4, -0.2) is 9.13 Å². The molecule has 3 heteroatoms. The summed E-state index contributed by atoms with van der Waals surface area (Å²) in [6.07, 6.45) is 0. The average molecular weight is 804 g/mol. The molecule has 296 valence electrons. The number of fused-ring (bicyclic) bond motifs is 6. The van der Waals surface area contributed by atoms with Gasteiger partial charge < -0.3 is 14.0 Å². The van der Waals surface area contributed by atoms with E-state index in [9.17, 15) is 0 Å². The molecule has 2 heterocycles. The summed E-state index contributed by atoms with van der Waals surface area (Å²) < 4.78 is 4.76. The van der Waals surface area contributed by atoms with Crippen LogP contribution in [0.1, 0.15) is 0 Å². The van der Waals surface area contributed by atoms with Gasteiger partial charge in [0.05, 0.1) is 22.1 Å². The van der Waals surface area contributed by atoms with E-state index in [0.717, 1.165) is 28.4 Å².